The average Bonchev–Trinajstić information content (AvgIpc) is 2.98. The lowest BCUT2D eigenvalue weighted by Gasteiger charge is -2.19. The molecule has 0 saturated carbocycles. The first-order chi connectivity index (χ1) is 13.8. The molecular formula is C22H20N4OS. The number of nitrogens with one attached hydrogen (secondary N) is 2. The van der Waals surface area contributed by atoms with Gasteiger partial charge in [-0.25, -0.2) is 4.98 Å². The Morgan fingerprint density at radius 2 is 2.00 bits per heavy atom. The lowest BCUT2D eigenvalue weighted by molar-refractivity contribution is 1.09. The fraction of sp³-hybridized carbons (Fsp3) is 0.0909. The van der Waals surface area contributed by atoms with E-state index in [1.165, 1.54) is 11.9 Å². The molecule has 6 heteroatoms. The summed E-state index contributed by atoms with van der Waals surface area (Å²) in [7, 11) is 0. The summed E-state index contributed by atoms with van der Waals surface area (Å²) >= 11 is 1.46. The van der Waals surface area contributed by atoms with Crippen molar-refractivity contribution in [3.05, 3.63) is 95.0 Å². The number of allylic oxidation sites excluding steroid dienone is 5. The van der Waals surface area contributed by atoms with Gasteiger partial charge >= 0.3 is 0 Å². The summed E-state index contributed by atoms with van der Waals surface area (Å²) in [5, 5.41) is 4.00. The average molecular weight is 388 g/mol. The van der Waals surface area contributed by atoms with Crippen molar-refractivity contribution >= 4 is 34.5 Å². The third-order valence-corrected chi connectivity index (χ3v) is 4.80. The zero-order valence-electron chi connectivity index (χ0n) is 15.4. The van der Waals surface area contributed by atoms with Crippen LogP contribution in [-0.4, -0.2) is 15.8 Å². The van der Waals surface area contributed by atoms with Gasteiger partial charge in [-0.3, -0.25) is 9.36 Å². The first-order valence-corrected chi connectivity index (χ1v) is 10.2. The molecule has 0 radical (unpaired) electrons. The van der Waals surface area contributed by atoms with E-state index >= 15 is 0 Å². The van der Waals surface area contributed by atoms with Crippen LogP contribution >= 0.6 is 11.9 Å². The summed E-state index contributed by atoms with van der Waals surface area (Å²) in [6, 6.07) is 13.5. The van der Waals surface area contributed by atoms with Gasteiger partial charge in [-0.05, 0) is 24.6 Å². The molecule has 0 spiro atoms. The van der Waals surface area contributed by atoms with Gasteiger partial charge in [0.15, 0.2) is 5.43 Å². The molecule has 0 bridgehead atoms. The van der Waals surface area contributed by atoms with Crippen LogP contribution in [0, 0.1) is 0 Å². The minimum absolute atomic E-state index is 0.0655. The number of para-hydroxylation sites is 1. The number of fused-ring (bicyclic) bond motifs is 1. The molecule has 0 fully saturated rings. The Morgan fingerprint density at radius 1 is 1.14 bits per heavy atom. The third kappa shape index (κ3) is 3.73. The SMILES string of the molecule is CSNc1cc2c(cn1)c(=O)cc(NC1=CCC=CC=C1)n2-c1ccccc1. The molecule has 0 aliphatic heterocycles. The van der Waals surface area contributed by atoms with Crippen LogP contribution in [-0.2, 0) is 0 Å². The highest BCUT2D eigenvalue weighted by Crippen LogP contribution is 2.25. The molecule has 140 valence electrons. The van der Waals surface area contributed by atoms with Crippen molar-refractivity contribution in [2.24, 2.45) is 0 Å². The fourth-order valence-corrected chi connectivity index (χ4v) is 3.46. The monoisotopic (exact) mass is 388 g/mol. The van der Waals surface area contributed by atoms with Crippen LogP contribution in [0.4, 0.5) is 11.6 Å². The van der Waals surface area contributed by atoms with Gasteiger partial charge in [0, 0.05) is 36.0 Å². The largest absolute Gasteiger partial charge is 0.341 e. The van der Waals surface area contributed by atoms with Crippen molar-refractivity contribution in [3.8, 4) is 5.69 Å². The molecule has 0 unspecified atom stereocenters. The Balaban J connectivity index is 1.95. The summed E-state index contributed by atoms with van der Waals surface area (Å²) in [5.41, 5.74) is 2.64. The number of rotatable bonds is 5. The van der Waals surface area contributed by atoms with E-state index < -0.39 is 0 Å². The third-order valence-electron chi connectivity index (χ3n) is 4.39. The van der Waals surface area contributed by atoms with Crippen LogP contribution < -0.4 is 15.5 Å². The molecule has 1 aliphatic rings. The molecule has 4 rings (SSSR count). The number of anilines is 2. The molecule has 2 aromatic heterocycles. The normalized spacial score (nSPS) is 13.2. The van der Waals surface area contributed by atoms with E-state index in [1.54, 1.807) is 12.3 Å². The lowest BCUT2D eigenvalue weighted by Crippen LogP contribution is -2.14. The molecule has 5 nitrogen and oxygen atoms in total. The van der Waals surface area contributed by atoms with Gasteiger partial charge in [-0.15, -0.1) is 0 Å². The Morgan fingerprint density at radius 3 is 2.82 bits per heavy atom. The molecule has 0 amide bonds. The fourth-order valence-electron chi connectivity index (χ4n) is 3.14. The van der Waals surface area contributed by atoms with E-state index in [4.69, 9.17) is 0 Å². The van der Waals surface area contributed by atoms with Gasteiger partial charge in [0.25, 0.3) is 0 Å². The van der Waals surface area contributed by atoms with Crippen molar-refractivity contribution in [2.75, 3.05) is 16.3 Å². The summed E-state index contributed by atoms with van der Waals surface area (Å²) in [5.74, 6) is 1.42. The van der Waals surface area contributed by atoms with Crippen LogP contribution in [0.15, 0.2) is 89.5 Å². The summed E-state index contributed by atoms with van der Waals surface area (Å²) in [6.07, 6.45) is 14.6. The lowest BCUT2D eigenvalue weighted by atomic mass is 10.2. The predicted molar refractivity (Wildman–Crippen MR) is 119 cm³/mol. The van der Waals surface area contributed by atoms with Crippen molar-refractivity contribution in [3.63, 3.8) is 0 Å². The van der Waals surface area contributed by atoms with E-state index in [0.717, 1.165) is 23.3 Å². The van der Waals surface area contributed by atoms with E-state index in [9.17, 15) is 4.79 Å². The maximum absolute atomic E-state index is 12.8. The Bertz CT molecular complexity index is 1150. The number of nitrogens with zero attached hydrogens (tertiary/aromatic N) is 2. The summed E-state index contributed by atoms with van der Waals surface area (Å²) in [6.45, 7) is 0. The maximum Gasteiger partial charge on any atom is 0.193 e. The van der Waals surface area contributed by atoms with E-state index in [-0.39, 0.29) is 5.43 Å². The topological polar surface area (TPSA) is 59.0 Å². The van der Waals surface area contributed by atoms with Crippen molar-refractivity contribution < 1.29 is 0 Å². The van der Waals surface area contributed by atoms with Crippen LogP contribution in [0.5, 0.6) is 0 Å². The van der Waals surface area contributed by atoms with Crippen LogP contribution in [0.1, 0.15) is 6.42 Å². The second kappa shape index (κ2) is 8.19. The zero-order chi connectivity index (χ0) is 19.3. The smallest absolute Gasteiger partial charge is 0.193 e. The zero-order valence-corrected chi connectivity index (χ0v) is 16.2. The maximum atomic E-state index is 12.8. The van der Waals surface area contributed by atoms with Gasteiger partial charge < -0.3 is 10.0 Å². The van der Waals surface area contributed by atoms with Gasteiger partial charge in [-0.1, -0.05) is 54.5 Å². The second-order valence-electron chi connectivity index (χ2n) is 6.27. The summed E-state index contributed by atoms with van der Waals surface area (Å²) < 4.78 is 5.20. The second-order valence-corrected chi connectivity index (χ2v) is 6.88. The van der Waals surface area contributed by atoms with Gasteiger partial charge in [0.2, 0.25) is 0 Å². The predicted octanol–water partition coefficient (Wildman–Crippen LogP) is 4.89. The number of aromatic nitrogens is 2. The van der Waals surface area contributed by atoms with Gasteiger partial charge in [-0.2, -0.15) is 0 Å². The number of benzene rings is 1. The quantitative estimate of drug-likeness (QED) is 0.610. The Labute approximate surface area is 167 Å². The Kier molecular flexibility index (Phi) is 5.30. The van der Waals surface area contributed by atoms with Crippen LogP contribution in [0.3, 0.4) is 0 Å². The van der Waals surface area contributed by atoms with Crippen molar-refractivity contribution in [1.29, 1.82) is 0 Å². The molecule has 3 aromatic rings. The molecule has 0 saturated heterocycles. The molecule has 2 N–H and O–H groups in total. The standard InChI is InChI=1S/C22H20N4OS/c1-28-25-21-13-19-18(15-23-21)20(27)14-22(24-16-9-5-2-3-6-10-16)26(19)17-11-7-4-8-12-17/h2-5,7-15,24H,6H2,1H3,(H,23,25). The highest BCUT2D eigenvalue weighted by Gasteiger charge is 2.13. The molecule has 1 aliphatic carbocycles. The van der Waals surface area contributed by atoms with Crippen molar-refractivity contribution in [1.82, 2.24) is 9.55 Å². The van der Waals surface area contributed by atoms with Gasteiger partial charge in [0.1, 0.15) is 11.6 Å². The van der Waals surface area contributed by atoms with Gasteiger partial charge in [0.05, 0.1) is 10.9 Å². The first kappa shape index (κ1) is 18.1. The Hall–Kier alpha value is -3.25. The minimum atomic E-state index is -0.0655. The molecule has 2 heterocycles. The van der Waals surface area contributed by atoms with Crippen LogP contribution in [0.25, 0.3) is 16.6 Å². The molecular weight excluding hydrogens is 368 g/mol. The minimum Gasteiger partial charge on any atom is -0.341 e. The van der Waals surface area contributed by atoms with E-state index in [0.29, 0.717) is 17.0 Å². The first-order valence-electron chi connectivity index (χ1n) is 8.97. The highest BCUT2D eigenvalue weighted by molar-refractivity contribution is 7.99. The molecule has 0 atom stereocenters. The van der Waals surface area contributed by atoms with Crippen molar-refractivity contribution in [2.45, 2.75) is 6.42 Å². The number of hydrogen-bond acceptors (Lipinski definition) is 5. The van der Waals surface area contributed by atoms with E-state index in [1.807, 2.05) is 60.9 Å². The molecule has 1 aromatic carbocycles. The van der Waals surface area contributed by atoms with Crippen LogP contribution in [0.2, 0.25) is 0 Å². The number of hydrogen-bond donors (Lipinski definition) is 2. The highest BCUT2D eigenvalue weighted by atomic mass is 32.2. The number of pyridine rings is 2. The molecule has 28 heavy (non-hydrogen) atoms. The summed E-state index contributed by atoms with van der Waals surface area (Å²) in [4.78, 5) is 17.1. The van der Waals surface area contributed by atoms with E-state index in [2.05, 4.69) is 31.7 Å².